The van der Waals surface area contributed by atoms with E-state index in [1.807, 2.05) is 84.1 Å². The predicted molar refractivity (Wildman–Crippen MR) is 201 cm³/mol. The Morgan fingerprint density at radius 2 is 1.46 bits per heavy atom. The summed E-state index contributed by atoms with van der Waals surface area (Å²) < 4.78 is 66.5. The Bertz CT molecular complexity index is 1820. The first-order chi connectivity index (χ1) is 24.8. The quantitative estimate of drug-likeness (QED) is 0.189. The molecule has 15 heteroatoms. The zero-order valence-electron chi connectivity index (χ0n) is 32.6. The second kappa shape index (κ2) is 16.6. The minimum atomic E-state index is -5.03. The van der Waals surface area contributed by atoms with Crippen LogP contribution in [0.3, 0.4) is 0 Å². The lowest BCUT2D eigenvalue weighted by Gasteiger charge is -2.40. The van der Waals surface area contributed by atoms with Gasteiger partial charge in [-0.3, -0.25) is 19.2 Å². The molecule has 0 heterocycles. The molecule has 1 aliphatic rings. The smallest absolute Gasteiger partial charge is 0.342 e. The van der Waals surface area contributed by atoms with Crippen molar-refractivity contribution in [1.82, 2.24) is 25.6 Å². The Labute approximate surface area is 317 Å². The van der Waals surface area contributed by atoms with Gasteiger partial charge in [0.15, 0.2) is 0 Å². The van der Waals surface area contributed by atoms with Crippen LogP contribution in [0, 0.1) is 11.3 Å². The second-order valence-corrected chi connectivity index (χ2v) is 17.8. The molecular weight excluding hydrogens is 724 g/mol. The molecule has 298 valence electrons. The van der Waals surface area contributed by atoms with E-state index >= 15 is 0 Å². The van der Waals surface area contributed by atoms with E-state index < -0.39 is 74.2 Å². The lowest BCUT2D eigenvalue weighted by molar-refractivity contribution is -0.174. The summed E-state index contributed by atoms with van der Waals surface area (Å²) >= 11 is 0. The number of sulfonamides is 1. The van der Waals surface area contributed by atoms with Crippen molar-refractivity contribution in [2.24, 2.45) is 11.3 Å². The predicted octanol–water partition coefficient (Wildman–Crippen LogP) is 4.83. The molecule has 0 radical (unpaired) electrons. The molecule has 1 saturated carbocycles. The lowest BCUT2D eigenvalue weighted by Crippen LogP contribution is -2.61. The summed E-state index contributed by atoms with van der Waals surface area (Å²) in [4.78, 5) is 54.1. The van der Waals surface area contributed by atoms with Gasteiger partial charge in [-0.1, -0.05) is 109 Å². The summed E-state index contributed by atoms with van der Waals surface area (Å²) in [5.41, 5.74) is -0.840. The van der Waals surface area contributed by atoms with Crippen molar-refractivity contribution in [2.75, 3.05) is 14.1 Å². The number of amides is 4. The highest BCUT2D eigenvalue weighted by atomic mass is 32.2. The number of benzene rings is 2. The molecule has 2 aromatic rings. The third-order valence-electron chi connectivity index (χ3n) is 9.92. The van der Waals surface area contributed by atoms with Gasteiger partial charge in [-0.05, 0) is 54.8 Å². The molecule has 11 nitrogen and oxygen atoms in total. The van der Waals surface area contributed by atoms with E-state index in [4.69, 9.17) is 0 Å². The van der Waals surface area contributed by atoms with Crippen molar-refractivity contribution in [3.8, 4) is 0 Å². The maximum Gasteiger partial charge on any atom is 0.471 e. The van der Waals surface area contributed by atoms with Crippen molar-refractivity contribution in [3.05, 3.63) is 82.9 Å². The van der Waals surface area contributed by atoms with Crippen LogP contribution in [0.5, 0.6) is 0 Å². The van der Waals surface area contributed by atoms with Crippen molar-refractivity contribution < 1.29 is 40.8 Å². The molecule has 1 unspecified atom stereocenters. The van der Waals surface area contributed by atoms with E-state index in [0.717, 1.165) is 5.56 Å². The zero-order valence-corrected chi connectivity index (χ0v) is 33.5. The number of alkyl halides is 3. The van der Waals surface area contributed by atoms with Gasteiger partial charge in [-0.25, -0.2) is 13.1 Å². The number of rotatable bonds is 15. The number of carbonyl (C=O) groups excluding carboxylic acids is 4. The zero-order chi connectivity index (χ0) is 41.0. The average Bonchev–Trinajstić information content (AvgIpc) is 3.85. The third-order valence-corrected chi connectivity index (χ3v) is 11.1. The second-order valence-electron chi connectivity index (χ2n) is 16.1. The number of nitrogens with one attached hydrogen (secondary N) is 4. The van der Waals surface area contributed by atoms with Gasteiger partial charge in [0.25, 0.3) is 5.91 Å². The molecule has 2 aromatic carbocycles. The number of carbonyl (C=O) groups is 4. The number of halogens is 3. The van der Waals surface area contributed by atoms with Gasteiger partial charge in [-0.2, -0.15) is 13.2 Å². The van der Waals surface area contributed by atoms with E-state index in [2.05, 4.69) is 15.4 Å². The molecule has 4 N–H and O–H groups in total. The highest BCUT2D eigenvalue weighted by molar-refractivity contribution is 7.89. The molecule has 54 heavy (non-hydrogen) atoms. The minimum absolute atomic E-state index is 0.0413. The van der Waals surface area contributed by atoms with Crippen LogP contribution in [0.1, 0.15) is 84.9 Å². The first-order valence-electron chi connectivity index (χ1n) is 17.8. The lowest BCUT2D eigenvalue weighted by atomic mass is 9.76. The molecule has 0 saturated heterocycles. The van der Waals surface area contributed by atoms with Gasteiger partial charge in [0.05, 0.1) is 23.4 Å². The van der Waals surface area contributed by atoms with Crippen molar-refractivity contribution in [1.29, 1.82) is 0 Å². The first-order valence-corrected chi connectivity index (χ1v) is 19.4. The monoisotopic (exact) mass is 777 g/mol. The molecule has 3 atom stereocenters. The molecule has 0 spiro atoms. The maximum atomic E-state index is 14.2. The summed E-state index contributed by atoms with van der Waals surface area (Å²) in [7, 11) is -0.962. The molecule has 0 bridgehead atoms. The molecular formula is C39H54F3N5O6S. The number of hydrogen-bond acceptors (Lipinski definition) is 7. The summed E-state index contributed by atoms with van der Waals surface area (Å²) in [6.07, 6.45) is -2.90. The van der Waals surface area contributed by atoms with Crippen LogP contribution >= 0.6 is 0 Å². The first kappa shape index (κ1) is 44.2. The van der Waals surface area contributed by atoms with Gasteiger partial charge in [0, 0.05) is 18.0 Å². The van der Waals surface area contributed by atoms with E-state index in [0.29, 0.717) is 18.4 Å². The van der Waals surface area contributed by atoms with Gasteiger partial charge in [0.1, 0.15) is 6.04 Å². The van der Waals surface area contributed by atoms with Crippen molar-refractivity contribution in [3.63, 3.8) is 0 Å². The molecule has 0 aromatic heterocycles. The minimum Gasteiger partial charge on any atom is -0.342 e. The number of nitrogens with zero attached hydrogens (tertiary/aromatic N) is 1. The fourth-order valence-corrected chi connectivity index (χ4v) is 7.61. The third kappa shape index (κ3) is 10.9. The maximum absolute atomic E-state index is 14.2. The van der Waals surface area contributed by atoms with Crippen LogP contribution in [-0.2, 0) is 45.9 Å². The molecule has 3 rings (SSSR count). The highest BCUT2D eigenvalue weighted by Gasteiger charge is 2.51. The van der Waals surface area contributed by atoms with E-state index in [9.17, 15) is 40.8 Å². The fraction of sp³-hybridized carbons (Fsp3) is 0.538. The van der Waals surface area contributed by atoms with Crippen molar-refractivity contribution >= 4 is 33.7 Å². The summed E-state index contributed by atoms with van der Waals surface area (Å²) in [5, 5.41) is 8.11. The summed E-state index contributed by atoms with van der Waals surface area (Å²) in [5.74, 6) is -4.51. The van der Waals surface area contributed by atoms with Gasteiger partial charge < -0.3 is 20.9 Å². The SMILES string of the molecule is CN[C@H](C(=O)NC(C(=O)N(C)[C@H](/C=C(\C)C(=O)NS(=O)(=O)Cc1ccc(C2(NC(=O)C(F)(F)F)CC2)cc1)C(C)C)C(C)(C)C)C(C)(C)c1ccccc1. The molecule has 1 fully saturated rings. The Morgan fingerprint density at radius 3 is 1.93 bits per heavy atom. The Balaban J connectivity index is 1.74. The summed E-state index contributed by atoms with van der Waals surface area (Å²) in [6, 6.07) is 13.0. The molecule has 1 aliphatic carbocycles. The highest BCUT2D eigenvalue weighted by Crippen LogP contribution is 2.46. The van der Waals surface area contributed by atoms with Crippen LogP contribution in [0.2, 0.25) is 0 Å². The van der Waals surface area contributed by atoms with Crippen LogP contribution < -0.4 is 20.7 Å². The Morgan fingerprint density at radius 1 is 0.907 bits per heavy atom. The number of hydrogen-bond donors (Lipinski definition) is 4. The molecule has 0 aliphatic heterocycles. The largest absolute Gasteiger partial charge is 0.471 e. The van der Waals surface area contributed by atoms with E-state index in [-0.39, 0.29) is 23.0 Å². The Hall–Kier alpha value is -4.24. The molecule has 4 amide bonds. The van der Waals surface area contributed by atoms with Crippen LogP contribution in [0.25, 0.3) is 0 Å². The standard InChI is InChI=1S/C39H54F3N5O6S/c1-24(2)29(47(10)34(50)31(36(4,5)6)44-33(49)30(43-9)37(7,8)27-14-12-11-13-15-27)22-25(3)32(48)46-54(52,53)23-26-16-18-28(19-17-26)38(20-21-38)45-35(51)39(40,41)42/h11-19,22,24,29-31,43H,20-21,23H2,1-10H3,(H,44,49)(H,45,51)(H,46,48)/b25-22+/t29-,30-,31?/m1/s1. The fourth-order valence-electron chi connectivity index (χ4n) is 6.46. The Kier molecular flexibility index (Phi) is 13.6. The topological polar surface area (TPSA) is 154 Å². The summed E-state index contributed by atoms with van der Waals surface area (Å²) in [6.45, 7) is 14.5. The van der Waals surface area contributed by atoms with E-state index in [1.165, 1.54) is 42.2 Å². The normalized spacial score (nSPS) is 16.5. The van der Waals surface area contributed by atoms with Crippen molar-refractivity contribution in [2.45, 2.75) is 109 Å². The number of likely N-dealkylation sites (N-methyl/N-ethyl adjacent to an activating group) is 2. The average molecular weight is 778 g/mol. The van der Waals surface area contributed by atoms with Gasteiger partial charge >= 0.3 is 12.1 Å². The van der Waals surface area contributed by atoms with Crippen LogP contribution in [0.4, 0.5) is 13.2 Å². The van der Waals surface area contributed by atoms with E-state index in [1.54, 1.807) is 14.1 Å². The van der Waals surface area contributed by atoms with Crippen LogP contribution in [0.15, 0.2) is 66.2 Å². The van der Waals surface area contributed by atoms with Crippen LogP contribution in [-0.4, -0.2) is 75.3 Å². The van der Waals surface area contributed by atoms with Gasteiger partial charge in [-0.15, -0.1) is 0 Å². The van der Waals surface area contributed by atoms with Gasteiger partial charge in [0.2, 0.25) is 21.8 Å².